The van der Waals surface area contributed by atoms with Gasteiger partial charge in [-0.1, -0.05) is 11.6 Å². The van der Waals surface area contributed by atoms with E-state index >= 15 is 0 Å². The lowest BCUT2D eigenvalue weighted by Gasteiger charge is -2.09. The molecule has 0 aliphatic carbocycles. The van der Waals surface area contributed by atoms with Crippen LogP contribution in [-0.2, 0) is 21.3 Å². The second-order valence-corrected chi connectivity index (χ2v) is 6.18. The van der Waals surface area contributed by atoms with Gasteiger partial charge in [-0.3, -0.25) is 0 Å². The molecular formula is C12H12ClN3O4S. The van der Waals surface area contributed by atoms with E-state index in [1.54, 1.807) is 0 Å². The molecule has 0 unspecified atom stereocenters. The molecule has 1 aromatic carbocycles. The molecule has 7 nitrogen and oxygen atoms in total. The van der Waals surface area contributed by atoms with E-state index in [-0.39, 0.29) is 22.0 Å². The van der Waals surface area contributed by atoms with Crippen LogP contribution in [0.3, 0.4) is 0 Å². The predicted molar refractivity (Wildman–Crippen MR) is 75.4 cm³/mol. The Labute approximate surface area is 126 Å². The monoisotopic (exact) mass is 329 g/mol. The molecule has 2 N–H and O–H groups in total. The van der Waals surface area contributed by atoms with Crippen LogP contribution in [0.25, 0.3) is 0 Å². The van der Waals surface area contributed by atoms with Crippen molar-refractivity contribution in [3.8, 4) is 0 Å². The lowest BCUT2D eigenvalue weighted by atomic mass is 10.2. The fourth-order valence-electron chi connectivity index (χ4n) is 1.59. The minimum Gasteiger partial charge on any atom is -0.465 e. The normalized spacial score (nSPS) is 11.3. The van der Waals surface area contributed by atoms with Crippen molar-refractivity contribution in [1.82, 2.24) is 14.7 Å². The van der Waals surface area contributed by atoms with E-state index in [1.165, 1.54) is 37.8 Å². The summed E-state index contributed by atoms with van der Waals surface area (Å²) in [5.74, 6) is -0.642. The average molecular weight is 330 g/mol. The van der Waals surface area contributed by atoms with E-state index in [9.17, 15) is 13.2 Å². The minimum atomic E-state index is -3.87. The lowest BCUT2D eigenvalue weighted by Crippen LogP contribution is -2.24. The number of imidazole rings is 1. The summed E-state index contributed by atoms with van der Waals surface area (Å²) in [7, 11) is -2.66. The van der Waals surface area contributed by atoms with Gasteiger partial charge < -0.3 is 9.72 Å². The van der Waals surface area contributed by atoms with E-state index in [0.29, 0.717) is 5.69 Å². The number of sulfonamides is 1. The molecule has 0 fully saturated rings. The summed E-state index contributed by atoms with van der Waals surface area (Å²) < 4.78 is 31.4. The van der Waals surface area contributed by atoms with E-state index in [0.717, 1.165) is 0 Å². The van der Waals surface area contributed by atoms with Gasteiger partial charge in [0.05, 0.1) is 30.6 Å². The molecule has 21 heavy (non-hydrogen) atoms. The Hall–Kier alpha value is -1.90. The SMILES string of the molecule is COC(=O)c1ccc(Cl)c(S(=O)(=O)NCc2cnc[nH]2)c1. The molecule has 0 bridgehead atoms. The molecule has 112 valence electrons. The maximum atomic E-state index is 12.2. The number of aromatic nitrogens is 2. The lowest BCUT2D eigenvalue weighted by molar-refractivity contribution is 0.0600. The van der Waals surface area contributed by atoms with Crippen LogP contribution >= 0.6 is 11.6 Å². The Kier molecular flexibility index (Phi) is 4.61. The highest BCUT2D eigenvalue weighted by atomic mass is 35.5. The molecule has 2 aromatic rings. The minimum absolute atomic E-state index is 0.0137. The summed E-state index contributed by atoms with van der Waals surface area (Å²) in [6.07, 6.45) is 2.93. The molecule has 0 saturated heterocycles. The molecule has 9 heteroatoms. The quantitative estimate of drug-likeness (QED) is 0.806. The van der Waals surface area contributed by atoms with Gasteiger partial charge in [0.1, 0.15) is 4.90 Å². The smallest absolute Gasteiger partial charge is 0.337 e. The number of benzene rings is 1. The Bertz CT molecular complexity index is 744. The zero-order chi connectivity index (χ0) is 15.5. The van der Waals surface area contributed by atoms with Crippen molar-refractivity contribution in [3.05, 3.63) is 47.0 Å². The van der Waals surface area contributed by atoms with Gasteiger partial charge >= 0.3 is 5.97 Å². The van der Waals surface area contributed by atoms with Crippen LogP contribution in [-0.4, -0.2) is 31.5 Å². The highest BCUT2D eigenvalue weighted by molar-refractivity contribution is 7.89. The molecule has 1 heterocycles. The Balaban J connectivity index is 2.28. The zero-order valence-corrected chi connectivity index (χ0v) is 12.5. The first-order chi connectivity index (χ1) is 9.94. The highest BCUT2D eigenvalue weighted by Gasteiger charge is 2.20. The van der Waals surface area contributed by atoms with Crippen molar-refractivity contribution in [1.29, 1.82) is 0 Å². The molecule has 0 spiro atoms. The number of carbonyl (C=O) groups excluding carboxylic acids is 1. The Morgan fingerprint density at radius 1 is 1.48 bits per heavy atom. The van der Waals surface area contributed by atoms with Crippen LogP contribution in [0, 0.1) is 0 Å². The standard InChI is InChI=1S/C12H12ClN3O4S/c1-20-12(17)8-2-3-10(13)11(4-8)21(18,19)16-6-9-5-14-7-15-9/h2-5,7,16H,6H2,1H3,(H,14,15). The first kappa shape index (κ1) is 15.5. The third kappa shape index (κ3) is 3.60. The number of methoxy groups -OCH3 is 1. The molecule has 0 amide bonds. The van der Waals surface area contributed by atoms with Crippen LogP contribution in [0.15, 0.2) is 35.6 Å². The number of ether oxygens (including phenoxy) is 1. The van der Waals surface area contributed by atoms with Crippen molar-refractivity contribution in [2.24, 2.45) is 0 Å². The summed E-state index contributed by atoms with van der Waals surface area (Å²) in [4.78, 5) is 17.8. The van der Waals surface area contributed by atoms with E-state index in [4.69, 9.17) is 11.6 Å². The van der Waals surface area contributed by atoms with Crippen LogP contribution in [0.5, 0.6) is 0 Å². The number of carbonyl (C=O) groups is 1. The third-order valence-electron chi connectivity index (χ3n) is 2.65. The van der Waals surface area contributed by atoms with Gasteiger partial charge in [-0.05, 0) is 18.2 Å². The second kappa shape index (κ2) is 6.25. The van der Waals surface area contributed by atoms with E-state index < -0.39 is 16.0 Å². The van der Waals surface area contributed by atoms with Crippen LogP contribution < -0.4 is 4.72 Å². The number of rotatable bonds is 5. The van der Waals surface area contributed by atoms with Gasteiger partial charge in [-0.2, -0.15) is 0 Å². The fraction of sp³-hybridized carbons (Fsp3) is 0.167. The van der Waals surface area contributed by atoms with Crippen molar-refractivity contribution in [2.45, 2.75) is 11.4 Å². The van der Waals surface area contributed by atoms with Gasteiger partial charge in [0, 0.05) is 11.9 Å². The summed E-state index contributed by atoms with van der Waals surface area (Å²) in [5.41, 5.74) is 0.697. The molecule has 1 aromatic heterocycles. The highest BCUT2D eigenvalue weighted by Crippen LogP contribution is 2.23. The van der Waals surface area contributed by atoms with Gasteiger partial charge in [-0.25, -0.2) is 22.9 Å². The molecule has 0 aliphatic rings. The molecule has 0 saturated carbocycles. The number of aromatic amines is 1. The van der Waals surface area contributed by atoms with Crippen LogP contribution in [0.2, 0.25) is 5.02 Å². The summed E-state index contributed by atoms with van der Waals surface area (Å²) in [6.45, 7) is 0.0289. The van der Waals surface area contributed by atoms with Crippen molar-refractivity contribution in [2.75, 3.05) is 7.11 Å². The number of H-pyrrole nitrogens is 1. The molecule has 0 atom stereocenters. The van der Waals surface area contributed by atoms with Crippen molar-refractivity contribution in [3.63, 3.8) is 0 Å². The first-order valence-electron chi connectivity index (χ1n) is 5.79. The number of hydrogen-bond donors (Lipinski definition) is 2. The second-order valence-electron chi connectivity index (χ2n) is 4.04. The number of halogens is 1. The number of esters is 1. The maximum Gasteiger partial charge on any atom is 0.337 e. The van der Waals surface area contributed by atoms with Crippen LogP contribution in [0.1, 0.15) is 16.1 Å². The van der Waals surface area contributed by atoms with Gasteiger partial charge in [0.2, 0.25) is 10.0 Å². The third-order valence-corrected chi connectivity index (χ3v) is 4.53. The molecular weight excluding hydrogens is 318 g/mol. The van der Waals surface area contributed by atoms with E-state index in [2.05, 4.69) is 19.4 Å². The number of hydrogen-bond acceptors (Lipinski definition) is 5. The van der Waals surface area contributed by atoms with Crippen LogP contribution in [0.4, 0.5) is 0 Å². The fourth-order valence-corrected chi connectivity index (χ4v) is 3.12. The summed E-state index contributed by atoms with van der Waals surface area (Å²) in [5, 5.41) is 0.0137. The summed E-state index contributed by atoms with van der Waals surface area (Å²) in [6, 6.07) is 3.89. The van der Waals surface area contributed by atoms with Crippen molar-refractivity contribution < 1.29 is 17.9 Å². The van der Waals surface area contributed by atoms with E-state index in [1.807, 2.05) is 0 Å². The molecule has 2 rings (SSSR count). The molecule has 0 radical (unpaired) electrons. The Morgan fingerprint density at radius 3 is 2.86 bits per heavy atom. The Morgan fingerprint density at radius 2 is 2.24 bits per heavy atom. The topological polar surface area (TPSA) is 101 Å². The van der Waals surface area contributed by atoms with Gasteiger partial charge in [0.25, 0.3) is 0 Å². The largest absolute Gasteiger partial charge is 0.465 e. The number of nitrogens with zero attached hydrogens (tertiary/aromatic N) is 1. The van der Waals surface area contributed by atoms with Crippen molar-refractivity contribution >= 4 is 27.6 Å². The number of nitrogens with one attached hydrogen (secondary N) is 2. The first-order valence-corrected chi connectivity index (χ1v) is 7.65. The maximum absolute atomic E-state index is 12.2. The summed E-state index contributed by atoms with van der Waals surface area (Å²) >= 11 is 5.90. The predicted octanol–water partition coefficient (Wildman–Crippen LogP) is 1.33. The zero-order valence-electron chi connectivity index (χ0n) is 11.0. The van der Waals surface area contributed by atoms with Gasteiger partial charge in [0.15, 0.2) is 0 Å². The van der Waals surface area contributed by atoms with Gasteiger partial charge in [-0.15, -0.1) is 0 Å². The molecule has 0 aliphatic heterocycles. The average Bonchev–Trinajstić information content (AvgIpc) is 2.98.